The first kappa shape index (κ1) is 25.3. The highest BCUT2D eigenvalue weighted by Gasteiger charge is 2.28. The molecule has 1 atom stereocenters. The van der Waals surface area contributed by atoms with Gasteiger partial charge in [-0.2, -0.15) is 0 Å². The Hall–Kier alpha value is -1.98. The van der Waals surface area contributed by atoms with E-state index in [1.807, 2.05) is 39.0 Å². The molecule has 0 fully saturated rings. The van der Waals surface area contributed by atoms with Crippen molar-refractivity contribution in [2.24, 2.45) is 0 Å². The van der Waals surface area contributed by atoms with E-state index in [0.29, 0.717) is 17.3 Å². The van der Waals surface area contributed by atoms with Crippen LogP contribution in [0.3, 0.4) is 0 Å². The van der Waals surface area contributed by atoms with Gasteiger partial charge in [-0.1, -0.05) is 59.1 Å². The zero-order valence-corrected chi connectivity index (χ0v) is 20.9. The van der Waals surface area contributed by atoms with Crippen molar-refractivity contribution in [2.45, 2.75) is 65.4 Å². The first-order valence-electron chi connectivity index (χ1n) is 10.5. The summed E-state index contributed by atoms with van der Waals surface area (Å²) in [5, 5.41) is 3.57. The molecule has 4 nitrogen and oxygen atoms in total. The molecule has 0 aliphatic carbocycles. The quantitative estimate of drug-likeness (QED) is 0.564. The Kier molecular flexibility index (Phi) is 9.01. The number of thioether (sulfide) groups is 1. The number of aryl methyl sites for hydroxylation is 2. The lowest BCUT2D eigenvalue weighted by Crippen LogP contribution is -2.52. The van der Waals surface area contributed by atoms with Crippen LogP contribution in [-0.4, -0.2) is 34.0 Å². The molecule has 2 aromatic rings. The van der Waals surface area contributed by atoms with E-state index in [4.69, 9.17) is 11.6 Å². The summed E-state index contributed by atoms with van der Waals surface area (Å²) in [4.78, 5) is 27.6. The van der Waals surface area contributed by atoms with Crippen LogP contribution in [0, 0.1) is 13.8 Å². The third-order valence-electron chi connectivity index (χ3n) is 4.74. The minimum Gasteiger partial charge on any atom is -0.350 e. The molecule has 2 amide bonds. The number of hydrogen-bond donors (Lipinski definition) is 1. The second-order valence-corrected chi connectivity index (χ2v) is 10.4. The van der Waals surface area contributed by atoms with Crippen LogP contribution in [0.5, 0.6) is 0 Å². The average molecular weight is 461 g/mol. The number of nitrogens with one attached hydrogen (secondary N) is 1. The molecule has 1 N–H and O–H groups in total. The van der Waals surface area contributed by atoms with Crippen molar-refractivity contribution in [2.75, 3.05) is 5.75 Å². The standard InChI is InChI=1S/C25H33ClN2O2S/c1-17-11-18(2)13-20(12-17)15-31-16-23(29)28(14-21-9-7-8-10-22(21)26)19(3)24(30)27-25(4,5)6/h7-13,19H,14-16H2,1-6H3,(H,27,30). The molecule has 31 heavy (non-hydrogen) atoms. The maximum Gasteiger partial charge on any atom is 0.242 e. The van der Waals surface area contributed by atoms with Crippen LogP contribution in [0.1, 0.15) is 49.9 Å². The minimum atomic E-state index is -0.607. The summed E-state index contributed by atoms with van der Waals surface area (Å²) in [6.07, 6.45) is 0. The van der Waals surface area contributed by atoms with E-state index in [1.165, 1.54) is 16.7 Å². The van der Waals surface area contributed by atoms with Gasteiger partial charge in [0.1, 0.15) is 6.04 Å². The molecule has 6 heteroatoms. The van der Waals surface area contributed by atoms with Crippen molar-refractivity contribution in [3.63, 3.8) is 0 Å². The molecule has 0 aromatic heterocycles. The molecule has 0 aliphatic rings. The van der Waals surface area contributed by atoms with Gasteiger partial charge in [-0.3, -0.25) is 9.59 Å². The van der Waals surface area contributed by atoms with Crippen LogP contribution in [-0.2, 0) is 21.9 Å². The SMILES string of the molecule is Cc1cc(C)cc(CSCC(=O)N(Cc2ccccc2Cl)C(C)C(=O)NC(C)(C)C)c1. The Morgan fingerprint density at radius 1 is 1.10 bits per heavy atom. The minimum absolute atomic E-state index is 0.0779. The van der Waals surface area contributed by atoms with Crippen molar-refractivity contribution in [1.82, 2.24) is 10.2 Å². The van der Waals surface area contributed by atoms with Crippen LogP contribution in [0.15, 0.2) is 42.5 Å². The molecule has 0 saturated carbocycles. The fourth-order valence-corrected chi connectivity index (χ4v) is 4.40. The molecule has 0 saturated heterocycles. The van der Waals surface area contributed by atoms with Gasteiger partial charge in [0.2, 0.25) is 11.8 Å². The summed E-state index contributed by atoms with van der Waals surface area (Å²) in [5.41, 5.74) is 4.09. The first-order chi connectivity index (χ1) is 14.5. The van der Waals surface area contributed by atoms with Crippen molar-refractivity contribution in [3.05, 3.63) is 69.7 Å². The number of carbonyl (C=O) groups excluding carboxylic acids is 2. The van der Waals surface area contributed by atoms with Crippen LogP contribution >= 0.6 is 23.4 Å². The van der Waals surface area contributed by atoms with E-state index in [1.54, 1.807) is 29.7 Å². The van der Waals surface area contributed by atoms with E-state index in [-0.39, 0.29) is 17.4 Å². The highest BCUT2D eigenvalue weighted by molar-refractivity contribution is 7.99. The van der Waals surface area contributed by atoms with Gasteiger partial charge in [0.05, 0.1) is 5.75 Å². The van der Waals surface area contributed by atoms with Gasteiger partial charge in [0, 0.05) is 22.9 Å². The topological polar surface area (TPSA) is 49.4 Å². The van der Waals surface area contributed by atoms with Crippen LogP contribution in [0.25, 0.3) is 0 Å². The lowest BCUT2D eigenvalue weighted by molar-refractivity contribution is -0.139. The summed E-state index contributed by atoms with van der Waals surface area (Å²) in [5.74, 6) is 0.791. The van der Waals surface area contributed by atoms with Gasteiger partial charge in [0.25, 0.3) is 0 Å². The fourth-order valence-electron chi connectivity index (χ4n) is 3.36. The Bertz CT molecular complexity index is 904. The van der Waals surface area contributed by atoms with Crippen LogP contribution < -0.4 is 5.32 Å². The van der Waals surface area contributed by atoms with Gasteiger partial charge in [-0.25, -0.2) is 0 Å². The Morgan fingerprint density at radius 2 is 1.71 bits per heavy atom. The van der Waals surface area contributed by atoms with E-state index in [0.717, 1.165) is 11.3 Å². The number of halogens is 1. The van der Waals surface area contributed by atoms with Crippen LogP contribution in [0.2, 0.25) is 5.02 Å². The monoisotopic (exact) mass is 460 g/mol. The van der Waals surface area contributed by atoms with Gasteiger partial charge < -0.3 is 10.2 Å². The smallest absolute Gasteiger partial charge is 0.242 e. The summed E-state index contributed by atoms with van der Waals surface area (Å²) < 4.78 is 0. The van der Waals surface area contributed by atoms with Crippen LogP contribution in [0.4, 0.5) is 0 Å². The number of carbonyl (C=O) groups is 2. The lowest BCUT2D eigenvalue weighted by Gasteiger charge is -2.31. The normalized spacial score (nSPS) is 12.4. The Morgan fingerprint density at radius 3 is 2.29 bits per heavy atom. The maximum absolute atomic E-state index is 13.2. The molecule has 0 radical (unpaired) electrons. The summed E-state index contributed by atoms with van der Waals surface area (Å²) in [6.45, 7) is 12.0. The zero-order valence-electron chi connectivity index (χ0n) is 19.3. The second kappa shape index (κ2) is 11.1. The maximum atomic E-state index is 13.2. The van der Waals surface area contributed by atoms with E-state index in [9.17, 15) is 9.59 Å². The number of nitrogens with zero attached hydrogens (tertiary/aromatic N) is 1. The summed E-state index contributed by atoms with van der Waals surface area (Å²) >= 11 is 7.90. The highest BCUT2D eigenvalue weighted by Crippen LogP contribution is 2.21. The zero-order chi connectivity index (χ0) is 23.2. The molecule has 0 heterocycles. The van der Waals surface area contributed by atoms with Crippen molar-refractivity contribution < 1.29 is 9.59 Å². The van der Waals surface area contributed by atoms with Crippen molar-refractivity contribution >= 4 is 35.2 Å². The molecule has 0 bridgehead atoms. The second-order valence-electron chi connectivity index (χ2n) is 9.02. The largest absolute Gasteiger partial charge is 0.350 e. The molecule has 2 aromatic carbocycles. The van der Waals surface area contributed by atoms with E-state index in [2.05, 4.69) is 37.4 Å². The third kappa shape index (κ3) is 8.23. The number of benzene rings is 2. The molecule has 0 spiro atoms. The Labute approximate surface area is 195 Å². The van der Waals surface area contributed by atoms with Gasteiger partial charge in [-0.15, -0.1) is 11.8 Å². The van der Waals surface area contributed by atoms with Gasteiger partial charge in [-0.05, 0) is 58.7 Å². The van der Waals surface area contributed by atoms with Crippen molar-refractivity contribution in [3.8, 4) is 0 Å². The molecule has 2 rings (SSSR count). The number of amides is 2. The fraction of sp³-hybridized carbons (Fsp3) is 0.440. The molecule has 0 aliphatic heterocycles. The molecule has 1 unspecified atom stereocenters. The predicted molar refractivity (Wildman–Crippen MR) is 131 cm³/mol. The van der Waals surface area contributed by atoms with E-state index >= 15 is 0 Å². The molecule has 168 valence electrons. The summed E-state index contributed by atoms with van der Waals surface area (Å²) in [6, 6.07) is 13.3. The Balaban J connectivity index is 2.13. The lowest BCUT2D eigenvalue weighted by atomic mass is 10.1. The van der Waals surface area contributed by atoms with E-state index < -0.39 is 6.04 Å². The first-order valence-corrected chi connectivity index (χ1v) is 12.0. The van der Waals surface area contributed by atoms with Crippen molar-refractivity contribution in [1.29, 1.82) is 0 Å². The third-order valence-corrected chi connectivity index (χ3v) is 6.10. The van der Waals surface area contributed by atoms with Gasteiger partial charge >= 0.3 is 0 Å². The number of rotatable bonds is 8. The number of hydrogen-bond acceptors (Lipinski definition) is 3. The highest BCUT2D eigenvalue weighted by atomic mass is 35.5. The molecular formula is C25H33ClN2O2S. The average Bonchev–Trinajstić information content (AvgIpc) is 2.64. The molecular weight excluding hydrogens is 428 g/mol. The van der Waals surface area contributed by atoms with Gasteiger partial charge in [0.15, 0.2) is 0 Å². The predicted octanol–water partition coefficient (Wildman–Crippen LogP) is 5.52. The summed E-state index contributed by atoms with van der Waals surface area (Å²) in [7, 11) is 0.